The molecule has 0 aromatic carbocycles. The van der Waals surface area contributed by atoms with Crippen molar-refractivity contribution in [3.63, 3.8) is 0 Å². The van der Waals surface area contributed by atoms with E-state index in [9.17, 15) is 4.79 Å². The Morgan fingerprint density at radius 2 is 2.42 bits per heavy atom. The molecule has 3 heteroatoms. The van der Waals surface area contributed by atoms with Crippen LogP contribution in [0, 0.1) is 0 Å². The van der Waals surface area contributed by atoms with E-state index >= 15 is 0 Å². The minimum atomic E-state index is -0.0221. The quantitative estimate of drug-likeness (QED) is 0.681. The number of carbonyl (C=O) groups is 1. The lowest BCUT2D eigenvalue weighted by atomic mass is 10.1. The average molecular weight is 171 g/mol. The van der Waals surface area contributed by atoms with Gasteiger partial charge in [-0.05, 0) is 19.3 Å². The van der Waals surface area contributed by atoms with Gasteiger partial charge in [0.15, 0.2) is 0 Å². The Morgan fingerprint density at radius 3 is 3.00 bits per heavy atom. The van der Waals surface area contributed by atoms with Crippen molar-refractivity contribution < 1.29 is 9.90 Å². The molecule has 12 heavy (non-hydrogen) atoms. The molecule has 1 aliphatic heterocycles. The number of hydrogen-bond acceptors (Lipinski definition) is 2. The first-order valence-electron chi connectivity index (χ1n) is 4.70. The summed E-state index contributed by atoms with van der Waals surface area (Å²) in [5.74, 6) is 0.113. The highest BCUT2D eigenvalue weighted by Crippen LogP contribution is 2.20. The fourth-order valence-electron chi connectivity index (χ4n) is 1.83. The number of rotatable bonds is 3. The van der Waals surface area contributed by atoms with Gasteiger partial charge in [-0.2, -0.15) is 0 Å². The third kappa shape index (κ3) is 1.97. The SMILES string of the molecule is CC[C@@H]1CCCN1C(=O)CCO. The van der Waals surface area contributed by atoms with E-state index in [2.05, 4.69) is 6.92 Å². The number of nitrogens with zero attached hydrogens (tertiary/aromatic N) is 1. The van der Waals surface area contributed by atoms with Crippen molar-refractivity contribution in [3.8, 4) is 0 Å². The van der Waals surface area contributed by atoms with Gasteiger partial charge in [0.25, 0.3) is 0 Å². The molecule has 1 rings (SSSR count). The van der Waals surface area contributed by atoms with Crippen LogP contribution in [0.3, 0.4) is 0 Å². The first kappa shape index (κ1) is 9.52. The van der Waals surface area contributed by atoms with Crippen LogP contribution in [0.25, 0.3) is 0 Å². The number of likely N-dealkylation sites (tertiary alicyclic amines) is 1. The van der Waals surface area contributed by atoms with Crippen LogP contribution in [0.5, 0.6) is 0 Å². The fourth-order valence-corrected chi connectivity index (χ4v) is 1.83. The Hall–Kier alpha value is -0.570. The molecule has 0 spiro atoms. The maximum atomic E-state index is 11.4. The normalized spacial score (nSPS) is 23.2. The lowest BCUT2D eigenvalue weighted by Gasteiger charge is -2.23. The number of hydrogen-bond donors (Lipinski definition) is 1. The van der Waals surface area contributed by atoms with Gasteiger partial charge >= 0.3 is 0 Å². The second kappa shape index (κ2) is 4.45. The zero-order chi connectivity index (χ0) is 8.97. The van der Waals surface area contributed by atoms with Crippen molar-refractivity contribution in [3.05, 3.63) is 0 Å². The molecule has 1 N–H and O–H groups in total. The zero-order valence-electron chi connectivity index (χ0n) is 7.62. The van der Waals surface area contributed by atoms with Crippen molar-refractivity contribution in [1.82, 2.24) is 4.90 Å². The summed E-state index contributed by atoms with van der Waals surface area (Å²) in [4.78, 5) is 13.3. The summed E-state index contributed by atoms with van der Waals surface area (Å²) in [6, 6.07) is 0.434. The molecule has 0 radical (unpaired) electrons. The van der Waals surface area contributed by atoms with Crippen molar-refractivity contribution in [2.24, 2.45) is 0 Å². The molecule has 3 nitrogen and oxygen atoms in total. The molecular weight excluding hydrogens is 154 g/mol. The van der Waals surface area contributed by atoms with E-state index in [1.807, 2.05) is 4.90 Å². The summed E-state index contributed by atoms with van der Waals surface area (Å²) in [6.45, 7) is 2.97. The maximum Gasteiger partial charge on any atom is 0.225 e. The summed E-state index contributed by atoms with van der Waals surface area (Å²) in [5, 5.41) is 8.61. The third-order valence-corrected chi connectivity index (χ3v) is 2.49. The predicted octanol–water partition coefficient (Wildman–Crippen LogP) is 0.770. The Balaban J connectivity index is 2.43. The fraction of sp³-hybridized carbons (Fsp3) is 0.889. The number of amides is 1. The van der Waals surface area contributed by atoms with Crippen molar-refractivity contribution >= 4 is 5.91 Å². The van der Waals surface area contributed by atoms with Crippen LogP contribution >= 0.6 is 0 Å². The molecular formula is C9H17NO2. The smallest absolute Gasteiger partial charge is 0.225 e. The molecule has 0 unspecified atom stereocenters. The van der Waals surface area contributed by atoms with E-state index in [1.165, 1.54) is 0 Å². The lowest BCUT2D eigenvalue weighted by Crippen LogP contribution is -2.35. The Kier molecular flexibility index (Phi) is 3.53. The van der Waals surface area contributed by atoms with E-state index in [-0.39, 0.29) is 18.9 Å². The second-order valence-electron chi connectivity index (χ2n) is 3.27. The summed E-state index contributed by atoms with van der Waals surface area (Å²) < 4.78 is 0. The molecule has 1 heterocycles. The van der Waals surface area contributed by atoms with Gasteiger partial charge in [0.1, 0.15) is 0 Å². The topological polar surface area (TPSA) is 40.5 Å². The van der Waals surface area contributed by atoms with Crippen LogP contribution in [0.2, 0.25) is 0 Å². The van der Waals surface area contributed by atoms with Gasteiger partial charge in [-0.1, -0.05) is 6.92 Å². The number of aliphatic hydroxyl groups is 1. The third-order valence-electron chi connectivity index (χ3n) is 2.49. The minimum Gasteiger partial charge on any atom is -0.396 e. The van der Waals surface area contributed by atoms with Gasteiger partial charge in [-0.3, -0.25) is 4.79 Å². The highest BCUT2D eigenvalue weighted by Gasteiger charge is 2.26. The number of aliphatic hydroxyl groups excluding tert-OH is 1. The van der Waals surface area contributed by atoms with Crippen LogP contribution in [0.1, 0.15) is 32.6 Å². The van der Waals surface area contributed by atoms with E-state index in [0.29, 0.717) is 6.04 Å². The van der Waals surface area contributed by atoms with Crippen LogP contribution in [0.15, 0.2) is 0 Å². The van der Waals surface area contributed by atoms with Gasteiger partial charge in [0, 0.05) is 19.0 Å². The molecule has 0 saturated carbocycles. The van der Waals surface area contributed by atoms with Crippen LogP contribution < -0.4 is 0 Å². The van der Waals surface area contributed by atoms with Crippen LogP contribution in [0.4, 0.5) is 0 Å². The molecule has 0 aromatic heterocycles. The molecule has 1 atom stereocenters. The van der Waals surface area contributed by atoms with E-state index in [4.69, 9.17) is 5.11 Å². The van der Waals surface area contributed by atoms with Crippen LogP contribution in [-0.2, 0) is 4.79 Å². The largest absolute Gasteiger partial charge is 0.396 e. The van der Waals surface area contributed by atoms with Gasteiger partial charge in [0.05, 0.1) is 6.61 Å². The molecule has 1 fully saturated rings. The van der Waals surface area contributed by atoms with Gasteiger partial charge < -0.3 is 10.0 Å². The van der Waals surface area contributed by atoms with Crippen molar-refractivity contribution in [2.75, 3.05) is 13.2 Å². The van der Waals surface area contributed by atoms with Gasteiger partial charge in [-0.15, -0.1) is 0 Å². The first-order chi connectivity index (χ1) is 5.79. The lowest BCUT2D eigenvalue weighted by molar-refractivity contribution is -0.132. The first-order valence-corrected chi connectivity index (χ1v) is 4.70. The highest BCUT2D eigenvalue weighted by atomic mass is 16.3. The molecule has 0 aromatic rings. The van der Waals surface area contributed by atoms with Crippen molar-refractivity contribution in [2.45, 2.75) is 38.6 Å². The second-order valence-corrected chi connectivity index (χ2v) is 3.27. The monoisotopic (exact) mass is 171 g/mol. The van der Waals surface area contributed by atoms with Crippen LogP contribution in [-0.4, -0.2) is 35.1 Å². The minimum absolute atomic E-state index is 0.0221. The molecule has 0 aliphatic carbocycles. The van der Waals surface area contributed by atoms with Gasteiger partial charge in [-0.25, -0.2) is 0 Å². The molecule has 1 saturated heterocycles. The predicted molar refractivity (Wildman–Crippen MR) is 46.7 cm³/mol. The Morgan fingerprint density at radius 1 is 1.67 bits per heavy atom. The highest BCUT2D eigenvalue weighted by molar-refractivity contribution is 5.76. The summed E-state index contributed by atoms with van der Waals surface area (Å²) in [5.41, 5.74) is 0. The van der Waals surface area contributed by atoms with E-state index < -0.39 is 0 Å². The van der Waals surface area contributed by atoms with E-state index in [0.717, 1.165) is 25.8 Å². The average Bonchev–Trinajstić information content (AvgIpc) is 2.51. The molecule has 1 amide bonds. The molecule has 70 valence electrons. The summed E-state index contributed by atoms with van der Waals surface area (Å²) >= 11 is 0. The van der Waals surface area contributed by atoms with Gasteiger partial charge in [0.2, 0.25) is 5.91 Å². The Labute approximate surface area is 73.4 Å². The van der Waals surface area contributed by atoms with Crippen molar-refractivity contribution in [1.29, 1.82) is 0 Å². The summed E-state index contributed by atoms with van der Waals surface area (Å²) in [6.07, 6.45) is 3.58. The molecule has 0 bridgehead atoms. The molecule has 1 aliphatic rings. The summed E-state index contributed by atoms with van der Waals surface area (Å²) in [7, 11) is 0. The standard InChI is InChI=1S/C9H17NO2/c1-2-8-4-3-6-10(8)9(12)5-7-11/h8,11H,2-7H2,1H3/t8-/m1/s1. The zero-order valence-corrected chi connectivity index (χ0v) is 7.62. The maximum absolute atomic E-state index is 11.4. The van der Waals surface area contributed by atoms with E-state index in [1.54, 1.807) is 0 Å². The Bertz CT molecular complexity index is 159. The number of carbonyl (C=O) groups excluding carboxylic acids is 1.